The number of alkyl halides is 3. The summed E-state index contributed by atoms with van der Waals surface area (Å²) in [6.45, 7) is 0.907. The Morgan fingerprint density at radius 2 is 2.06 bits per heavy atom. The van der Waals surface area contributed by atoms with Gasteiger partial charge in [-0.2, -0.15) is 13.2 Å². The van der Waals surface area contributed by atoms with E-state index < -0.39 is 18.1 Å². The molecule has 6 heteroatoms. The molecular formula is C10H12Cl2F3N. The van der Waals surface area contributed by atoms with Crippen LogP contribution in [0.3, 0.4) is 0 Å². The molecule has 1 N–H and O–H groups in total. The third-order valence-corrected chi connectivity index (χ3v) is 3.48. The molecule has 1 unspecified atom stereocenters. The highest BCUT2D eigenvalue weighted by Gasteiger charge is 2.33. The standard InChI is InChI=1S/C10H12Cl2F3N/c1-9(5-16-6-10(13,14)15)4-2-3-7(11)8(9)12/h2-3,16H,4-6H2,1H3. The topological polar surface area (TPSA) is 12.0 Å². The van der Waals surface area contributed by atoms with Crippen molar-refractivity contribution in [1.82, 2.24) is 5.32 Å². The summed E-state index contributed by atoms with van der Waals surface area (Å²) < 4.78 is 35.9. The Labute approximate surface area is 102 Å². The predicted octanol–water partition coefficient (Wildman–Crippen LogP) is 3.79. The smallest absolute Gasteiger partial charge is 0.308 e. The molecule has 0 aromatic rings. The highest BCUT2D eigenvalue weighted by molar-refractivity contribution is 6.40. The largest absolute Gasteiger partial charge is 0.401 e. The second-order valence-electron chi connectivity index (χ2n) is 4.05. The van der Waals surface area contributed by atoms with Crippen molar-refractivity contribution in [3.05, 3.63) is 22.2 Å². The van der Waals surface area contributed by atoms with Crippen LogP contribution in [0.25, 0.3) is 0 Å². The number of hydrogen-bond donors (Lipinski definition) is 1. The minimum absolute atomic E-state index is 0.145. The highest BCUT2D eigenvalue weighted by Crippen LogP contribution is 2.40. The highest BCUT2D eigenvalue weighted by atomic mass is 35.5. The molecule has 0 saturated heterocycles. The molecule has 0 heterocycles. The minimum atomic E-state index is -4.21. The predicted molar refractivity (Wildman–Crippen MR) is 59.5 cm³/mol. The molecule has 0 spiro atoms. The van der Waals surface area contributed by atoms with E-state index in [1.807, 2.05) is 6.08 Å². The van der Waals surface area contributed by atoms with Crippen molar-refractivity contribution in [2.24, 2.45) is 5.41 Å². The first-order valence-electron chi connectivity index (χ1n) is 4.74. The van der Waals surface area contributed by atoms with Crippen molar-refractivity contribution < 1.29 is 13.2 Å². The maximum absolute atomic E-state index is 12.0. The zero-order chi connectivity index (χ0) is 12.4. The molecule has 92 valence electrons. The van der Waals surface area contributed by atoms with Gasteiger partial charge < -0.3 is 5.32 Å². The third kappa shape index (κ3) is 3.68. The molecule has 1 rings (SSSR count). The summed E-state index contributed by atoms with van der Waals surface area (Å²) >= 11 is 11.8. The lowest BCUT2D eigenvalue weighted by Crippen LogP contribution is -2.38. The SMILES string of the molecule is CC1(CNCC(F)(F)F)CC=CC(Cl)=C1Cl. The summed E-state index contributed by atoms with van der Waals surface area (Å²) in [4.78, 5) is 0. The van der Waals surface area contributed by atoms with Crippen LogP contribution in [0.4, 0.5) is 13.2 Å². The van der Waals surface area contributed by atoms with Crippen molar-refractivity contribution in [2.75, 3.05) is 13.1 Å². The van der Waals surface area contributed by atoms with Crippen LogP contribution < -0.4 is 5.32 Å². The van der Waals surface area contributed by atoms with E-state index in [0.717, 1.165) is 0 Å². The fourth-order valence-electron chi connectivity index (χ4n) is 1.50. The fraction of sp³-hybridized carbons (Fsp3) is 0.600. The van der Waals surface area contributed by atoms with E-state index in [1.165, 1.54) is 0 Å². The molecule has 1 aliphatic rings. The molecular weight excluding hydrogens is 262 g/mol. The third-order valence-electron chi connectivity index (χ3n) is 2.41. The first-order valence-corrected chi connectivity index (χ1v) is 5.50. The molecule has 1 atom stereocenters. The number of nitrogens with one attached hydrogen (secondary N) is 1. The van der Waals surface area contributed by atoms with Crippen LogP contribution in [0.1, 0.15) is 13.3 Å². The molecule has 16 heavy (non-hydrogen) atoms. The average Bonchev–Trinajstić information content (AvgIpc) is 2.12. The quantitative estimate of drug-likeness (QED) is 0.825. The minimum Gasteiger partial charge on any atom is -0.308 e. The van der Waals surface area contributed by atoms with Gasteiger partial charge in [0, 0.05) is 17.0 Å². The number of hydrogen-bond acceptors (Lipinski definition) is 1. The molecule has 0 saturated carbocycles. The van der Waals surface area contributed by atoms with Crippen molar-refractivity contribution in [3.8, 4) is 0 Å². The fourth-order valence-corrected chi connectivity index (χ4v) is 2.03. The Kier molecular flexibility index (Phi) is 4.32. The molecule has 0 amide bonds. The Morgan fingerprint density at radius 1 is 1.44 bits per heavy atom. The normalized spacial score (nSPS) is 26.4. The van der Waals surface area contributed by atoms with Crippen LogP contribution in [0, 0.1) is 5.41 Å². The first-order chi connectivity index (χ1) is 7.25. The van der Waals surface area contributed by atoms with E-state index in [4.69, 9.17) is 23.2 Å². The molecule has 1 aliphatic carbocycles. The summed E-state index contributed by atoms with van der Waals surface area (Å²) in [7, 11) is 0. The van der Waals surface area contributed by atoms with Crippen molar-refractivity contribution >= 4 is 23.2 Å². The van der Waals surface area contributed by atoms with Crippen LogP contribution >= 0.6 is 23.2 Å². The van der Waals surface area contributed by atoms with Gasteiger partial charge in [0.25, 0.3) is 0 Å². The van der Waals surface area contributed by atoms with Gasteiger partial charge in [0.2, 0.25) is 0 Å². The second-order valence-corrected chi connectivity index (χ2v) is 4.83. The van der Waals surface area contributed by atoms with Gasteiger partial charge in [-0.1, -0.05) is 36.2 Å². The summed E-state index contributed by atoms with van der Waals surface area (Å²) in [6, 6.07) is 0. The van der Waals surface area contributed by atoms with Gasteiger partial charge in [0.05, 0.1) is 11.6 Å². The zero-order valence-corrected chi connectivity index (χ0v) is 10.2. The molecule has 1 nitrogen and oxygen atoms in total. The Morgan fingerprint density at radius 3 is 2.62 bits per heavy atom. The van der Waals surface area contributed by atoms with Crippen molar-refractivity contribution in [3.63, 3.8) is 0 Å². The molecule has 0 aromatic carbocycles. The van der Waals surface area contributed by atoms with Crippen LogP contribution in [0.15, 0.2) is 22.2 Å². The van der Waals surface area contributed by atoms with Crippen molar-refractivity contribution in [2.45, 2.75) is 19.5 Å². The maximum Gasteiger partial charge on any atom is 0.401 e. The Hall–Kier alpha value is -0.190. The van der Waals surface area contributed by atoms with Crippen LogP contribution in [0.2, 0.25) is 0 Å². The average molecular weight is 274 g/mol. The van der Waals surface area contributed by atoms with E-state index in [1.54, 1.807) is 13.0 Å². The van der Waals surface area contributed by atoms with Gasteiger partial charge in [0.1, 0.15) is 0 Å². The van der Waals surface area contributed by atoms with Crippen LogP contribution in [-0.2, 0) is 0 Å². The molecule has 0 radical (unpaired) electrons. The second kappa shape index (κ2) is 4.98. The van der Waals surface area contributed by atoms with Gasteiger partial charge in [-0.25, -0.2) is 0 Å². The lowest BCUT2D eigenvalue weighted by Gasteiger charge is -2.31. The summed E-state index contributed by atoms with van der Waals surface area (Å²) in [5.74, 6) is 0. The molecule has 0 fully saturated rings. The van der Waals surface area contributed by atoms with Gasteiger partial charge in [-0.3, -0.25) is 0 Å². The monoisotopic (exact) mass is 273 g/mol. The van der Waals surface area contributed by atoms with Gasteiger partial charge in [-0.15, -0.1) is 0 Å². The van der Waals surface area contributed by atoms with Gasteiger partial charge >= 0.3 is 6.18 Å². The van der Waals surface area contributed by atoms with E-state index >= 15 is 0 Å². The maximum atomic E-state index is 12.0. The molecule has 0 aliphatic heterocycles. The van der Waals surface area contributed by atoms with E-state index in [0.29, 0.717) is 16.5 Å². The number of halogens is 5. The van der Waals surface area contributed by atoms with Gasteiger partial charge in [0.15, 0.2) is 0 Å². The van der Waals surface area contributed by atoms with E-state index in [-0.39, 0.29) is 6.54 Å². The first kappa shape index (κ1) is 13.9. The molecule has 0 aromatic heterocycles. The number of rotatable bonds is 3. The van der Waals surface area contributed by atoms with E-state index in [9.17, 15) is 13.2 Å². The lowest BCUT2D eigenvalue weighted by atomic mass is 9.83. The summed E-state index contributed by atoms with van der Waals surface area (Å²) in [5, 5.41) is 3.15. The zero-order valence-electron chi connectivity index (χ0n) is 8.67. The van der Waals surface area contributed by atoms with Gasteiger partial charge in [-0.05, 0) is 12.5 Å². The van der Waals surface area contributed by atoms with Crippen LogP contribution in [-0.4, -0.2) is 19.3 Å². The number of allylic oxidation sites excluding steroid dienone is 3. The lowest BCUT2D eigenvalue weighted by molar-refractivity contribution is -0.125. The molecule has 0 bridgehead atoms. The summed E-state index contributed by atoms with van der Waals surface area (Å²) in [6.07, 6.45) is -0.160. The van der Waals surface area contributed by atoms with Crippen LogP contribution in [0.5, 0.6) is 0 Å². The van der Waals surface area contributed by atoms with Crippen molar-refractivity contribution in [1.29, 1.82) is 0 Å². The summed E-state index contributed by atoms with van der Waals surface area (Å²) in [5.41, 5.74) is -0.557. The Balaban J connectivity index is 2.57. The van der Waals surface area contributed by atoms with E-state index in [2.05, 4.69) is 5.32 Å². The Bertz CT molecular complexity index is 323.